The molecule has 3 heterocycles. The summed E-state index contributed by atoms with van der Waals surface area (Å²) in [4.78, 5) is 12.4. The summed E-state index contributed by atoms with van der Waals surface area (Å²) in [5, 5.41) is 8.47. The Bertz CT molecular complexity index is 1770. The van der Waals surface area contributed by atoms with E-state index in [4.69, 9.17) is 15.1 Å². The number of hydrogen-bond acceptors (Lipinski definition) is 5. The summed E-state index contributed by atoms with van der Waals surface area (Å²) in [7, 11) is 0. The summed E-state index contributed by atoms with van der Waals surface area (Å²) < 4.78 is 16.0. The molecule has 2 aliphatic rings. The van der Waals surface area contributed by atoms with Crippen molar-refractivity contribution >= 4 is 34.6 Å². The van der Waals surface area contributed by atoms with Crippen molar-refractivity contribution in [3.63, 3.8) is 0 Å². The molecule has 1 atom stereocenters. The van der Waals surface area contributed by atoms with Crippen LogP contribution in [-0.4, -0.2) is 21.5 Å². The lowest BCUT2D eigenvalue weighted by molar-refractivity contribution is 0.626. The summed E-state index contributed by atoms with van der Waals surface area (Å²) in [6, 6.07) is 32.6. The molecule has 39 heavy (non-hydrogen) atoms. The molecule has 1 N–H and O–H groups in total. The van der Waals surface area contributed by atoms with Crippen LogP contribution < -0.4 is 10.2 Å². The van der Waals surface area contributed by atoms with Crippen molar-refractivity contribution in [2.75, 3.05) is 10.2 Å². The van der Waals surface area contributed by atoms with Gasteiger partial charge in [-0.25, -0.2) is 19.1 Å². The van der Waals surface area contributed by atoms with Crippen LogP contribution in [0.5, 0.6) is 0 Å². The van der Waals surface area contributed by atoms with Gasteiger partial charge in [0.25, 0.3) is 0 Å². The van der Waals surface area contributed by atoms with Crippen molar-refractivity contribution < 1.29 is 4.39 Å². The first-order valence-corrected chi connectivity index (χ1v) is 12.9. The third-order valence-corrected chi connectivity index (χ3v) is 7.11. The highest BCUT2D eigenvalue weighted by Gasteiger charge is 2.41. The Labute approximate surface area is 225 Å². The smallest absolute Gasteiger partial charge is 0.179 e. The van der Waals surface area contributed by atoms with Gasteiger partial charge in [-0.3, -0.25) is 0 Å². The summed E-state index contributed by atoms with van der Waals surface area (Å²) >= 11 is 0. The van der Waals surface area contributed by atoms with Crippen molar-refractivity contribution in [3.05, 3.63) is 131 Å². The Balaban J connectivity index is 1.50. The van der Waals surface area contributed by atoms with Crippen LogP contribution in [0.3, 0.4) is 0 Å². The number of aryl methyl sites for hydroxylation is 2. The first-order valence-electron chi connectivity index (χ1n) is 12.9. The minimum Gasteiger partial charge on any atom is -0.337 e. The number of nitrogens with zero attached hydrogens (tertiary/aromatic N) is 5. The van der Waals surface area contributed by atoms with Crippen LogP contribution in [-0.2, 0) is 0 Å². The maximum atomic E-state index is 14.1. The van der Waals surface area contributed by atoms with Gasteiger partial charge in [0.05, 0.1) is 28.8 Å². The van der Waals surface area contributed by atoms with E-state index in [1.807, 2.05) is 84.4 Å². The fourth-order valence-electron chi connectivity index (χ4n) is 5.37. The summed E-state index contributed by atoms with van der Waals surface area (Å²) in [5.74, 6) is 1.77. The molecule has 190 valence electrons. The Kier molecular flexibility index (Phi) is 5.37. The van der Waals surface area contributed by atoms with E-state index in [1.54, 1.807) is 0 Å². The van der Waals surface area contributed by atoms with Gasteiger partial charge >= 0.3 is 0 Å². The number of benzene rings is 4. The topological polar surface area (TPSA) is 57.8 Å². The van der Waals surface area contributed by atoms with E-state index in [1.165, 1.54) is 12.1 Å². The standard InChI is InChI=1S/C32H25FN6/c1-20-9-8-10-24(19-20)34-30-32-36-31-28(21(2)37-39(31)25-11-4-3-5-12-25)29(22-15-17-23(33)18-16-22)38(32)27-14-7-6-13-26(27)35-30/h3-19,29H,1-2H3,(H,34,35)/t29-/m1/s1. The fourth-order valence-corrected chi connectivity index (χ4v) is 5.37. The third kappa shape index (κ3) is 3.90. The molecule has 0 saturated heterocycles. The normalized spacial score (nSPS) is 15.6. The van der Waals surface area contributed by atoms with E-state index in [2.05, 4.69) is 35.3 Å². The predicted octanol–water partition coefficient (Wildman–Crippen LogP) is 7.42. The number of nitrogens with one attached hydrogen (secondary N) is 1. The zero-order valence-electron chi connectivity index (χ0n) is 21.5. The molecule has 5 aromatic rings. The highest BCUT2D eigenvalue weighted by atomic mass is 19.1. The number of aromatic nitrogens is 2. The molecule has 0 radical (unpaired) electrons. The molecular formula is C32H25FN6. The summed E-state index contributed by atoms with van der Waals surface area (Å²) in [6.07, 6.45) is 0. The number of fused-ring (bicyclic) bond motifs is 4. The van der Waals surface area contributed by atoms with Crippen LogP contribution in [0.15, 0.2) is 113 Å². The first kappa shape index (κ1) is 23.1. The molecule has 0 spiro atoms. The van der Waals surface area contributed by atoms with Crippen molar-refractivity contribution in [1.29, 1.82) is 0 Å². The molecule has 0 fully saturated rings. The van der Waals surface area contributed by atoms with Gasteiger partial charge in [0.1, 0.15) is 5.82 Å². The molecule has 7 heteroatoms. The minimum atomic E-state index is -0.295. The Morgan fingerprint density at radius 3 is 2.36 bits per heavy atom. The molecule has 2 aliphatic heterocycles. The zero-order chi connectivity index (χ0) is 26.5. The number of anilines is 2. The molecule has 0 unspecified atom stereocenters. The van der Waals surface area contributed by atoms with Gasteiger partial charge in [-0.2, -0.15) is 5.10 Å². The van der Waals surface area contributed by atoms with Crippen LogP contribution in [0.4, 0.5) is 27.3 Å². The second kappa shape index (κ2) is 9.06. The molecule has 4 aromatic carbocycles. The number of hydrogen-bond donors (Lipinski definition) is 1. The van der Waals surface area contributed by atoms with E-state index in [9.17, 15) is 4.39 Å². The molecule has 0 amide bonds. The molecular weight excluding hydrogens is 487 g/mol. The molecule has 0 aliphatic carbocycles. The van der Waals surface area contributed by atoms with Crippen molar-refractivity contribution in [2.24, 2.45) is 9.98 Å². The Morgan fingerprint density at radius 2 is 1.56 bits per heavy atom. The van der Waals surface area contributed by atoms with Crippen LogP contribution in [0.1, 0.15) is 28.4 Å². The maximum absolute atomic E-state index is 14.1. The molecule has 7 rings (SSSR count). The minimum absolute atomic E-state index is 0.275. The summed E-state index contributed by atoms with van der Waals surface area (Å²) in [6.45, 7) is 4.07. The first-order chi connectivity index (χ1) is 19.1. The number of halogens is 1. The second-order valence-electron chi connectivity index (χ2n) is 9.77. The lowest BCUT2D eigenvalue weighted by Crippen LogP contribution is -2.46. The quantitative estimate of drug-likeness (QED) is 0.274. The molecule has 1 aromatic heterocycles. The zero-order valence-corrected chi connectivity index (χ0v) is 21.5. The fraction of sp³-hybridized carbons (Fsp3) is 0.0938. The van der Waals surface area contributed by atoms with E-state index in [-0.39, 0.29) is 11.9 Å². The van der Waals surface area contributed by atoms with E-state index < -0.39 is 0 Å². The highest BCUT2D eigenvalue weighted by Crippen LogP contribution is 2.48. The molecule has 0 bridgehead atoms. The third-order valence-electron chi connectivity index (χ3n) is 7.11. The van der Waals surface area contributed by atoms with Crippen molar-refractivity contribution in [3.8, 4) is 5.69 Å². The van der Waals surface area contributed by atoms with Crippen LogP contribution >= 0.6 is 0 Å². The predicted molar refractivity (Wildman–Crippen MR) is 154 cm³/mol. The van der Waals surface area contributed by atoms with E-state index in [0.717, 1.165) is 51.0 Å². The average Bonchev–Trinajstić information content (AvgIpc) is 3.29. The number of aliphatic imine (C=N–C) groups is 2. The lowest BCUT2D eigenvalue weighted by Gasteiger charge is -2.40. The van der Waals surface area contributed by atoms with Gasteiger partial charge in [0, 0.05) is 11.3 Å². The maximum Gasteiger partial charge on any atom is 0.179 e. The largest absolute Gasteiger partial charge is 0.337 e. The average molecular weight is 513 g/mol. The van der Waals surface area contributed by atoms with Crippen molar-refractivity contribution in [2.45, 2.75) is 19.9 Å². The monoisotopic (exact) mass is 512 g/mol. The van der Waals surface area contributed by atoms with E-state index in [0.29, 0.717) is 11.7 Å². The van der Waals surface area contributed by atoms with Crippen molar-refractivity contribution in [1.82, 2.24) is 9.78 Å². The second-order valence-corrected chi connectivity index (χ2v) is 9.77. The van der Waals surface area contributed by atoms with Gasteiger partial charge in [0.2, 0.25) is 0 Å². The van der Waals surface area contributed by atoms with Gasteiger partial charge < -0.3 is 10.2 Å². The van der Waals surface area contributed by atoms with Gasteiger partial charge in [-0.1, -0.05) is 54.6 Å². The van der Waals surface area contributed by atoms with Gasteiger partial charge in [-0.05, 0) is 73.5 Å². The lowest BCUT2D eigenvalue weighted by atomic mass is 9.93. The highest BCUT2D eigenvalue weighted by molar-refractivity contribution is 6.51. The van der Waals surface area contributed by atoms with Crippen LogP contribution in [0.2, 0.25) is 0 Å². The number of amidine groups is 2. The van der Waals surface area contributed by atoms with Crippen LogP contribution in [0.25, 0.3) is 5.69 Å². The number of para-hydroxylation sites is 3. The number of rotatable bonds is 3. The summed E-state index contributed by atoms with van der Waals surface area (Å²) in [5.41, 5.74) is 7.51. The SMILES string of the molecule is Cc1cccc(NC2=Nc3ccccc3N3C2=Nc2c(c(C)nn2-c2ccccc2)[C@H]3c2ccc(F)cc2)c1. The molecule has 0 saturated carbocycles. The van der Waals surface area contributed by atoms with E-state index >= 15 is 0 Å². The Hall–Kier alpha value is -5.04. The Morgan fingerprint density at radius 1 is 0.795 bits per heavy atom. The van der Waals surface area contributed by atoms with Gasteiger partial charge in [-0.15, -0.1) is 0 Å². The van der Waals surface area contributed by atoms with Gasteiger partial charge in [0.15, 0.2) is 17.5 Å². The van der Waals surface area contributed by atoms with Crippen LogP contribution in [0, 0.1) is 19.7 Å². The molecule has 6 nitrogen and oxygen atoms in total.